The fraction of sp³-hybridized carbons (Fsp3) is 0.435. The van der Waals surface area contributed by atoms with E-state index in [-0.39, 0.29) is 34.4 Å². The van der Waals surface area contributed by atoms with E-state index in [1.807, 2.05) is 11.8 Å². The Balaban J connectivity index is 1.38. The fourth-order valence-electron chi connectivity index (χ4n) is 4.42. The van der Waals surface area contributed by atoms with Gasteiger partial charge in [-0.05, 0) is 56.0 Å². The number of carbonyl (C=O) groups excluding carboxylic acids is 1. The van der Waals surface area contributed by atoms with Crippen molar-refractivity contribution in [3.05, 3.63) is 58.0 Å². The molecule has 3 aromatic rings. The number of likely N-dealkylation sites (tertiary alicyclic amines) is 1. The number of benzene rings is 1. The Morgan fingerprint density at radius 2 is 1.84 bits per heavy atom. The minimum absolute atomic E-state index is 0.0907. The highest BCUT2D eigenvalue weighted by molar-refractivity contribution is 6.31. The van der Waals surface area contributed by atoms with Crippen molar-refractivity contribution < 1.29 is 14.3 Å². The van der Waals surface area contributed by atoms with Crippen LogP contribution in [0.3, 0.4) is 0 Å². The van der Waals surface area contributed by atoms with Gasteiger partial charge in [-0.3, -0.25) is 18.7 Å². The third-order valence-electron chi connectivity index (χ3n) is 6.79. The summed E-state index contributed by atoms with van der Waals surface area (Å²) in [4.78, 5) is 31.9. The average Bonchev–Trinajstić information content (AvgIpc) is 3.43. The molecule has 1 N–H and O–H groups in total. The van der Waals surface area contributed by atoms with Crippen LogP contribution in [0.5, 0.6) is 0 Å². The van der Waals surface area contributed by atoms with Gasteiger partial charge >= 0.3 is 0 Å². The molecule has 32 heavy (non-hydrogen) atoms. The van der Waals surface area contributed by atoms with Gasteiger partial charge in [-0.15, -0.1) is 0 Å². The molecule has 168 valence electrons. The summed E-state index contributed by atoms with van der Waals surface area (Å²) in [5.74, 6) is -0.208. The minimum atomic E-state index is -1.09. The zero-order valence-corrected chi connectivity index (χ0v) is 18.5. The van der Waals surface area contributed by atoms with Gasteiger partial charge in [-0.25, -0.2) is 9.37 Å². The molecule has 1 aromatic carbocycles. The van der Waals surface area contributed by atoms with E-state index in [1.165, 1.54) is 29.1 Å². The maximum absolute atomic E-state index is 13.3. The van der Waals surface area contributed by atoms with Crippen LogP contribution in [0.2, 0.25) is 5.15 Å². The number of aromatic nitrogens is 3. The summed E-state index contributed by atoms with van der Waals surface area (Å²) >= 11 is 6.37. The van der Waals surface area contributed by atoms with Crippen LogP contribution in [-0.4, -0.2) is 48.7 Å². The van der Waals surface area contributed by atoms with Crippen molar-refractivity contribution in [2.75, 3.05) is 13.1 Å². The molecule has 1 aliphatic carbocycles. The Labute approximate surface area is 189 Å². The lowest BCUT2D eigenvalue weighted by atomic mass is 9.90. The van der Waals surface area contributed by atoms with Crippen molar-refractivity contribution in [3.63, 3.8) is 0 Å². The first-order valence-electron chi connectivity index (χ1n) is 10.7. The third-order valence-corrected chi connectivity index (χ3v) is 7.07. The van der Waals surface area contributed by atoms with Crippen molar-refractivity contribution in [3.8, 4) is 5.69 Å². The van der Waals surface area contributed by atoms with Crippen molar-refractivity contribution in [1.29, 1.82) is 0 Å². The number of carbonyl (C=O) groups is 1. The maximum Gasteiger partial charge on any atom is 0.262 e. The number of aliphatic hydroxyl groups is 1. The Morgan fingerprint density at radius 1 is 1.19 bits per heavy atom. The van der Waals surface area contributed by atoms with E-state index in [9.17, 15) is 19.1 Å². The first-order valence-corrected chi connectivity index (χ1v) is 11.1. The number of hydrogen-bond acceptors (Lipinski definition) is 4. The molecular formula is C23H24ClFN4O3. The maximum atomic E-state index is 13.3. The standard InChI is InChI=1S/C23H24ClFN4O3/c1-22(6-7-22)21(31)27-10-8-23(32,9-11-27)13-28-14-26-19-17(20(28)30)12-18(24)29(19)16-4-2-15(25)3-5-16/h2-5,12,14,32H,6-11,13H2,1H3. The third kappa shape index (κ3) is 3.61. The molecule has 1 amide bonds. The predicted molar refractivity (Wildman–Crippen MR) is 118 cm³/mol. The van der Waals surface area contributed by atoms with Crippen molar-refractivity contribution in [2.45, 2.75) is 44.8 Å². The van der Waals surface area contributed by atoms with Gasteiger partial charge in [-0.2, -0.15) is 0 Å². The number of hydrogen-bond donors (Lipinski definition) is 1. The van der Waals surface area contributed by atoms with E-state index < -0.39 is 5.60 Å². The van der Waals surface area contributed by atoms with E-state index in [4.69, 9.17) is 11.6 Å². The molecule has 2 aromatic heterocycles. The summed E-state index contributed by atoms with van der Waals surface area (Å²) in [6, 6.07) is 7.29. The first kappa shape index (κ1) is 21.2. The second-order valence-electron chi connectivity index (χ2n) is 9.27. The molecule has 1 aliphatic heterocycles. The van der Waals surface area contributed by atoms with Crippen LogP contribution in [0.1, 0.15) is 32.6 Å². The van der Waals surface area contributed by atoms with Crippen LogP contribution < -0.4 is 5.56 Å². The van der Waals surface area contributed by atoms with E-state index in [2.05, 4.69) is 4.98 Å². The van der Waals surface area contributed by atoms with Gasteiger partial charge in [0.1, 0.15) is 17.3 Å². The molecule has 7 nitrogen and oxygen atoms in total. The molecule has 9 heteroatoms. The normalized spacial score (nSPS) is 19.3. The molecule has 2 aliphatic rings. The minimum Gasteiger partial charge on any atom is -0.388 e. The Bertz CT molecular complexity index is 1250. The van der Waals surface area contributed by atoms with Crippen LogP contribution in [-0.2, 0) is 11.3 Å². The number of rotatable bonds is 4. The van der Waals surface area contributed by atoms with Crippen LogP contribution in [0.4, 0.5) is 4.39 Å². The summed E-state index contributed by atoms with van der Waals surface area (Å²) < 4.78 is 16.3. The SMILES string of the molecule is CC1(C(=O)N2CCC(O)(Cn3cnc4c(cc(Cl)n4-c4ccc(F)cc4)c3=O)CC2)CC1. The van der Waals surface area contributed by atoms with Crippen LogP contribution in [0, 0.1) is 11.2 Å². The van der Waals surface area contributed by atoms with Crippen LogP contribution in [0.15, 0.2) is 41.5 Å². The lowest BCUT2D eigenvalue weighted by Gasteiger charge is -2.39. The highest BCUT2D eigenvalue weighted by Gasteiger charge is 2.48. The number of piperidine rings is 1. The number of amides is 1. The van der Waals surface area contributed by atoms with Crippen LogP contribution >= 0.6 is 11.6 Å². The summed E-state index contributed by atoms with van der Waals surface area (Å²) in [7, 11) is 0. The highest BCUT2D eigenvalue weighted by atomic mass is 35.5. The molecule has 3 heterocycles. The number of fused-ring (bicyclic) bond motifs is 1. The Morgan fingerprint density at radius 3 is 2.47 bits per heavy atom. The zero-order chi connectivity index (χ0) is 22.7. The quantitative estimate of drug-likeness (QED) is 0.651. The number of halogens is 2. The zero-order valence-electron chi connectivity index (χ0n) is 17.7. The average molecular weight is 459 g/mol. The van der Waals surface area contributed by atoms with Crippen molar-refractivity contribution in [2.24, 2.45) is 5.41 Å². The Hall–Kier alpha value is -2.71. The van der Waals surface area contributed by atoms with Gasteiger partial charge in [0.25, 0.3) is 5.56 Å². The van der Waals surface area contributed by atoms with E-state index >= 15 is 0 Å². The van der Waals surface area contributed by atoms with Gasteiger partial charge in [0.2, 0.25) is 5.91 Å². The molecule has 0 radical (unpaired) electrons. The molecule has 0 spiro atoms. The molecular weight excluding hydrogens is 435 g/mol. The van der Waals surface area contributed by atoms with E-state index in [0.717, 1.165) is 12.8 Å². The monoisotopic (exact) mass is 458 g/mol. The van der Waals surface area contributed by atoms with E-state index in [0.29, 0.717) is 42.7 Å². The van der Waals surface area contributed by atoms with E-state index in [1.54, 1.807) is 16.7 Å². The van der Waals surface area contributed by atoms with Gasteiger partial charge < -0.3 is 10.0 Å². The topological polar surface area (TPSA) is 80.4 Å². The molecule has 2 fully saturated rings. The highest BCUT2D eigenvalue weighted by Crippen LogP contribution is 2.47. The fourth-order valence-corrected chi connectivity index (χ4v) is 4.71. The lowest BCUT2D eigenvalue weighted by molar-refractivity contribution is -0.141. The lowest BCUT2D eigenvalue weighted by Crippen LogP contribution is -2.51. The molecule has 0 bridgehead atoms. The van der Waals surface area contributed by atoms with Crippen molar-refractivity contribution in [1.82, 2.24) is 19.0 Å². The second kappa shape index (κ2) is 7.42. The molecule has 0 unspecified atom stereocenters. The van der Waals surface area contributed by atoms with Gasteiger partial charge in [0.15, 0.2) is 5.65 Å². The summed E-state index contributed by atoms with van der Waals surface area (Å²) in [6.45, 7) is 3.03. The molecule has 1 saturated heterocycles. The largest absolute Gasteiger partial charge is 0.388 e. The van der Waals surface area contributed by atoms with Crippen LogP contribution in [0.25, 0.3) is 16.7 Å². The number of nitrogens with zero attached hydrogens (tertiary/aromatic N) is 4. The smallest absolute Gasteiger partial charge is 0.262 e. The first-order chi connectivity index (χ1) is 15.2. The van der Waals surface area contributed by atoms with Crippen molar-refractivity contribution >= 4 is 28.5 Å². The summed E-state index contributed by atoms with van der Waals surface area (Å²) in [5.41, 5.74) is -0.665. The predicted octanol–water partition coefficient (Wildman–Crippen LogP) is 3.13. The van der Waals surface area contributed by atoms with Gasteiger partial charge in [0, 0.05) is 24.2 Å². The summed E-state index contributed by atoms with van der Waals surface area (Å²) in [6.07, 6.45) is 4.05. The molecule has 5 rings (SSSR count). The van der Waals surface area contributed by atoms with Gasteiger partial charge in [-0.1, -0.05) is 18.5 Å². The van der Waals surface area contributed by atoms with Gasteiger partial charge in [0.05, 0.1) is 17.5 Å². The molecule has 0 atom stereocenters. The summed E-state index contributed by atoms with van der Waals surface area (Å²) in [5, 5.41) is 11.7. The Kier molecular flexibility index (Phi) is 4.90. The second-order valence-corrected chi connectivity index (χ2v) is 9.66. The molecule has 1 saturated carbocycles.